The molecule has 1 fully saturated rings. The second kappa shape index (κ2) is 5.91. The van der Waals surface area contributed by atoms with Crippen molar-refractivity contribution in [2.45, 2.75) is 45.2 Å². The first kappa shape index (κ1) is 15.3. The summed E-state index contributed by atoms with van der Waals surface area (Å²) >= 11 is 0. The van der Waals surface area contributed by atoms with Gasteiger partial charge < -0.3 is 9.84 Å². The molecule has 0 atom stereocenters. The fourth-order valence-electron chi connectivity index (χ4n) is 2.34. The van der Waals surface area contributed by atoms with Crippen LogP contribution in [0.3, 0.4) is 0 Å². The van der Waals surface area contributed by atoms with Crippen LogP contribution in [0.25, 0.3) is 0 Å². The lowest BCUT2D eigenvalue weighted by molar-refractivity contribution is -0.177. The van der Waals surface area contributed by atoms with E-state index in [1.165, 1.54) is 0 Å². The highest BCUT2D eigenvalue weighted by atomic mass is 19.4. The molecule has 1 N–H and O–H groups in total. The number of aliphatic carboxylic acids is 1. The van der Waals surface area contributed by atoms with E-state index in [1.54, 1.807) is 0 Å². The molecular formula is C12H19F3O3. The van der Waals surface area contributed by atoms with Gasteiger partial charge in [0.25, 0.3) is 0 Å². The molecule has 0 spiro atoms. The van der Waals surface area contributed by atoms with Crippen LogP contribution in [0.4, 0.5) is 13.2 Å². The quantitative estimate of drug-likeness (QED) is 0.779. The Morgan fingerprint density at radius 2 is 1.94 bits per heavy atom. The molecule has 0 bridgehead atoms. The fourth-order valence-corrected chi connectivity index (χ4v) is 2.34. The summed E-state index contributed by atoms with van der Waals surface area (Å²) in [7, 11) is 0. The van der Waals surface area contributed by atoms with Crippen molar-refractivity contribution in [2.24, 2.45) is 11.3 Å². The predicted octanol–water partition coefficient (Wildman–Crippen LogP) is 3.24. The minimum absolute atomic E-state index is 0.153. The summed E-state index contributed by atoms with van der Waals surface area (Å²) in [4.78, 5) is 11.3. The van der Waals surface area contributed by atoms with E-state index >= 15 is 0 Å². The van der Waals surface area contributed by atoms with Gasteiger partial charge in [-0.2, -0.15) is 13.2 Å². The number of carboxylic acid groups (broad SMARTS) is 1. The fraction of sp³-hybridized carbons (Fsp3) is 0.917. The molecule has 0 heterocycles. The standard InChI is InChI=1S/C12H19F3O3/c1-9-2-4-11(5-3-9,10(16)17)6-7-18-8-12(13,14)15/h9H,2-8H2,1H3,(H,16,17). The number of hydrogen-bond donors (Lipinski definition) is 1. The van der Waals surface area contributed by atoms with Crippen molar-refractivity contribution in [1.29, 1.82) is 0 Å². The molecule has 6 heteroatoms. The van der Waals surface area contributed by atoms with Crippen LogP contribution in [0.5, 0.6) is 0 Å². The van der Waals surface area contributed by atoms with Gasteiger partial charge in [0, 0.05) is 6.61 Å². The zero-order valence-corrected chi connectivity index (χ0v) is 10.4. The SMILES string of the molecule is CC1CCC(CCOCC(F)(F)F)(C(=O)O)CC1. The van der Waals surface area contributed by atoms with Crippen molar-refractivity contribution in [3.8, 4) is 0 Å². The number of rotatable bonds is 5. The minimum Gasteiger partial charge on any atom is -0.481 e. The molecule has 106 valence electrons. The smallest absolute Gasteiger partial charge is 0.411 e. The Morgan fingerprint density at radius 3 is 2.39 bits per heavy atom. The van der Waals surface area contributed by atoms with E-state index in [-0.39, 0.29) is 13.0 Å². The number of carboxylic acids is 1. The van der Waals surface area contributed by atoms with E-state index in [0.717, 1.165) is 12.8 Å². The molecule has 0 saturated heterocycles. The van der Waals surface area contributed by atoms with Gasteiger partial charge in [0.05, 0.1) is 5.41 Å². The van der Waals surface area contributed by atoms with Gasteiger partial charge in [-0.15, -0.1) is 0 Å². The topological polar surface area (TPSA) is 46.5 Å². The van der Waals surface area contributed by atoms with Crippen molar-refractivity contribution < 1.29 is 27.8 Å². The molecule has 0 amide bonds. The van der Waals surface area contributed by atoms with Crippen LogP contribution in [0.1, 0.15) is 39.0 Å². The maximum Gasteiger partial charge on any atom is 0.411 e. The van der Waals surface area contributed by atoms with Gasteiger partial charge in [-0.25, -0.2) is 0 Å². The second-order valence-corrected chi connectivity index (χ2v) is 5.19. The van der Waals surface area contributed by atoms with E-state index in [0.29, 0.717) is 18.8 Å². The van der Waals surface area contributed by atoms with Gasteiger partial charge in [0.1, 0.15) is 6.61 Å². The molecule has 0 aliphatic heterocycles. The lowest BCUT2D eigenvalue weighted by Gasteiger charge is -2.35. The van der Waals surface area contributed by atoms with Crippen molar-refractivity contribution in [3.63, 3.8) is 0 Å². The molecule has 1 aliphatic carbocycles. The Bertz CT molecular complexity index is 281. The van der Waals surface area contributed by atoms with Gasteiger partial charge in [0.2, 0.25) is 0 Å². The number of hydrogen-bond acceptors (Lipinski definition) is 2. The largest absolute Gasteiger partial charge is 0.481 e. The Hall–Kier alpha value is -0.780. The van der Waals surface area contributed by atoms with Gasteiger partial charge in [0.15, 0.2) is 0 Å². The van der Waals surface area contributed by atoms with E-state index in [1.807, 2.05) is 0 Å². The molecule has 1 rings (SSSR count). The summed E-state index contributed by atoms with van der Waals surface area (Å²) in [5, 5.41) is 9.26. The molecule has 0 aromatic rings. The molecule has 0 aromatic heterocycles. The molecular weight excluding hydrogens is 249 g/mol. The second-order valence-electron chi connectivity index (χ2n) is 5.19. The molecule has 1 saturated carbocycles. The van der Waals surface area contributed by atoms with Gasteiger partial charge in [-0.05, 0) is 38.0 Å². The van der Waals surface area contributed by atoms with Crippen molar-refractivity contribution in [1.82, 2.24) is 0 Å². The van der Waals surface area contributed by atoms with Crippen LogP contribution in [-0.4, -0.2) is 30.5 Å². The van der Waals surface area contributed by atoms with Crippen molar-refractivity contribution in [3.05, 3.63) is 0 Å². The highest BCUT2D eigenvalue weighted by molar-refractivity contribution is 5.74. The monoisotopic (exact) mass is 268 g/mol. The average Bonchev–Trinajstić information content (AvgIpc) is 2.25. The van der Waals surface area contributed by atoms with Crippen LogP contribution < -0.4 is 0 Å². The summed E-state index contributed by atoms with van der Waals surface area (Å²) in [6.07, 6.45) is -1.52. The third-order valence-electron chi connectivity index (χ3n) is 3.68. The molecule has 0 aromatic carbocycles. The normalized spacial score (nSPS) is 29.2. The first-order valence-corrected chi connectivity index (χ1v) is 6.13. The van der Waals surface area contributed by atoms with Crippen LogP contribution in [0.15, 0.2) is 0 Å². The Balaban J connectivity index is 2.42. The van der Waals surface area contributed by atoms with Gasteiger partial charge in [-0.1, -0.05) is 6.92 Å². The molecule has 3 nitrogen and oxygen atoms in total. The molecule has 1 aliphatic rings. The van der Waals surface area contributed by atoms with Gasteiger partial charge in [-0.3, -0.25) is 4.79 Å². The first-order valence-electron chi connectivity index (χ1n) is 6.13. The maximum atomic E-state index is 11.9. The number of alkyl halides is 3. The van der Waals surface area contributed by atoms with Crippen LogP contribution in [0.2, 0.25) is 0 Å². The summed E-state index contributed by atoms with van der Waals surface area (Å²) < 4.78 is 40.2. The van der Waals surface area contributed by atoms with Gasteiger partial charge >= 0.3 is 12.1 Å². The summed E-state index contributed by atoms with van der Waals surface area (Å²) in [5.74, 6) is -0.418. The van der Waals surface area contributed by atoms with E-state index in [2.05, 4.69) is 11.7 Å². The number of ether oxygens (including phenoxy) is 1. The summed E-state index contributed by atoms with van der Waals surface area (Å²) in [6, 6.07) is 0. The Kier molecular flexibility index (Phi) is 5.01. The van der Waals surface area contributed by atoms with Crippen LogP contribution in [-0.2, 0) is 9.53 Å². The highest BCUT2D eigenvalue weighted by Gasteiger charge is 2.41. The summed E-state index contributed by atoms with van der Waals surface area (Å²) in [5.41, 5.74) is -0.891. The third-order valence-corrected chi connectivity index (χ3v) is 3.68. The average molecular weight is 268 g/mol. The number of halogens is 3. The minimum atomic E-state index is -4.35. The maximum absolute atomic E-state index is 11.9. The van der Waals surface area contributed by atoms with Crippen molar-refractivity contribution >= 4 is 5.97 Å². The zero-order valence-electron chi connectivity index (χ0n) is 10.4. The first-order chi connectivity index (χ1) is 8.25. The van der Waals surface area contributed by atoms with E-state index in [9.17, 15) is 23.1 Å². The molecule has 18 heavy (non-hydrogen) atoms. The van der Waals surface area contributed by atoms with Crippen LogP contribution in [0, 0.1) is 11.3 Å². The Labute approximate surface area is 104 Å². The lowest BCUT2D eigenvalue weighted by Crippen LogP contribution is -2.36. The van der Waals surface area contributed by atoms with E-state index in [4.69, 9.17) is 0 Å². The van der Waals surface area contributed by atoms with E-state index < -0.39 is 24.2 Å². The molecule has 0 unspecified atom stereocenters. The predicted molar refractivity (Wildman–Crippen MR) is 59.2 cm³/mol. The third kappa shape index (κ3) is 4.48. The van der Waals surface area contributed by atoms with Crippen LogP contribution >= 0.6 is 0 Å². The van der Waals surface area contributed by atoms with Crippen molar-refractivity contribution in [2.75, 3.05) is 13.2 Å². The lowest BCUT2D eigenvalue weighted by atomic mass is 9.69. The number of carbonyl (C=O) groups is 1. The Morgan fingerprint density at radius 1 is 1.39 bits per heavy atom. The molecule has 0 radical (unpaired) electrons. The summed E-state index contributed by atoms with van der Waals surface area (Å²) in [6.45, 7) is 0.602. The highest BCUT2D eigenvalue weighted by Crippen LogP contribution is 2.41. The zero-order chi connectivity index (χ0) is 13.8.